The Morgan fingerprint density at radius 2 is 2.05 bits per heavy atom. The van der Waals surface area contributed by atoms with Gasteiger partial charge in [-0.15, -0.1) is 0 Å². The molecule has 2 rings (SSSR count). The number of rotatable bonds is 4. The molecule has 1 N–H and O–H groups in total. The largest absolute Gasteiger partial charge is 0.388 e. The topological polar surface area (TPSA) is 38.1 Å². The maximum Gasteiger partial charge on any atom is 0.0831 e. The highest BCUT2D eigenvalue weighted by Gasteiger charge is 2.15. The van der Waals surface area contributed by atoms with E-state index in [9.17, 15) is 5.11 Å². The summed E-state index contributed by atoms with van der Waals surface area (Å²) in [7, 11) is 1.94. The molecule has 0 bridgehead atoms. The van der Waals surface area contributed by atoms with E-state index in [0.717, 1.165) is 28.9 Å². The molecule has 1 heterocycles. The predicted molar refractivity (Wildman–Crippen MR) is 77.2 cm³/mol. The van der Waals surface area contributed by atoms with Crippen LogP contribution in [0, 0.1) is 13.8 Å². The standard InChI is InChI=1S/C16H22N2O/c1-5-13-7-6-8-14(9-13)16(19)10-15-11(2)17-18(4)12(15)3/h6-9,16,19H,5,10H2,1-4H3. The van der Waals surface area contributed by atoms with Gasteiger partial charge >= 0.3 is 0 Å². The highest BCUT2D eigenvalue weighted by atomic mass is 16.3. The van der Waals surface area contributed by atoms with Gasteiger partial charge in [-0.3, -0.25) is 4.68 Å². The molecule has 0 saturated carbocycles. The lowest BCUT2D eigenvalue weighted by atomic mass is 9.98. The third-order valence-electron chi connectivity index (χ3n) is 3.80. The SMILES string of the molecule is CCc1cccc(C(O)Cc2c(C)nn(C)c2C)c1. The van der Waals surface area contributed by atoms with Gasteiger partial charge in [-0.1, -0.05) is 31.2 Å². The molecule has 3 heteroatoms. The van der Waals surface area contributed by atoms with E-state index in [4.69, 9.17) is 0 Å². The first kappa shape index (κ1) is 13.8. The van der Waals surface area contributed by atoms with Crippen LogP contribution in [0.2, 0.25) is 0 Å². The molecule has 0 fully saturated rings. The van der Waals surface area contributed by atoms with Gasteiger partial charge in [0, 0.05) is 19.2 Å². The van der Waals surface area contributed by atoms with Gasteiger partial charge in [-0.2, -0.15) is 5.10 Å². The minimum atomic E-state index is -0.465. The minimum absolute atomic E-state index is 0.465. The van der Waals surface area contributed by atoms with E-state index in [-0.39, 0.29) is 0 Å². The van der Waals surface area contributed by atoms with Gasteiger partial charge < -0.3 is 5.11 Å². The fourth-order valence-electron chi connectivity index (χ4n) is 2.44. The predicted octanol–water partition coefficient (Wildman–Crippen LogP) is 2.88. The lowest BCUT2D eigenvalue weighted by Crippen LogP contribution is -2.04. The van der Waals surface area contributed by atoms with Crippen LogP contribution in [0.3, 0.4) is 0 Å². The van der Waals surface area contributed by atoms with Gasteiger partial charge in [0.1, 0.15) is 0 Å². The molecule has 1 aromatic carbocycles. The lowest BCUT2D eigenvalue weighted by molar-refractivity contribution is 0.178. The molecule has 102 valence electrons. The maximum atomic E-state index is 10.4. The molecule has 3 nitrogen and oxygen atoms in total. The summed E-state index contributed by atoms with van der Waals surface area (Å²) in [6.07, 6.45) is 1.15. The van der Waals surface area contributed by atoms with Crippen LogP contribution in [0.25, 0.3) is 0 Å². The monoisotopic (exact) mass is 258 g/mol. The molecule has 0 aliphatic heterocycles. The first-order chi connectivity index (χ1) is 9.02. The van der Waals surface area contributed by atoms with Crippen molar-refractivity contribution in [1.82, 2.24) is 9.78 Å². The van der Waals surface area contributed by atoms with Crippen LogP contribution in [0.5, 0.6) is 0 Å². The zero-order valence-corrected chi connectivity index (χ0v) is 12.1. The Morgan fingerprint density at radius 1 is 1.32 bits per heavy atom. The molecular weight excluding hydrogens is 236 g/mol. The third kappa shape index (κ3) is 2.87. The van der Waals surface area contributed by atoms with Crippen LogP contribution < -0.4 is 0 Å². The van der Waals surface area contributed by atoms with Gasteiger partial charge in [0.05, 0.1) is 11.8 Å². The second kappa shape index (κ2) is 5.57. The van der Waals surface area contributed by atoms with Gasteiger partial charge in [-0.25, -0.2) is 0 Å². The number of hydrogen-bond acceptors (Lipinski definition) is 2. The number of aliphatic hydroxyl groups excluding tert-OH is 1. The number of hydrogen-bond donors (Lipinski definition) is 1. The summed E-state index contributed by atoms with van der Waals surface area (Å²) in [5.74, 6) is 0. The van der Waals surface area contributed by atoms with E-state index in [2.05, 4.69) is 24.2 Å². The van der Waals surface area contributed by atoms with Crippen LogP contribution in [0.15, 0.2) is 24.3 Å². The van der Waals surface area contributed by atoms with Crippen molar-refractivity contribution in [2.45, 2.75) is 39.7 Å². The number of aryl methyl sites for hydroxylation is 3. The Balaban J connectivity index is 2.22. The fourth-order valence-corrected chi connectivity index (χ4v) is 2.44. The molecule has 1 aromatic heterocycles. The lowest BCUT2D eigenvalue weighted by Gasteiger charge is -2.12. The highest BCUT2D eigenvalue weighted by Crippen LogP contribution is 2.23. The average molecular weight is 258 g/mol. The van der Waals surface area contributed by atoms with Crippen molar-refractivity contribution < 1.29 is 5.11 Å². The molecule has 0 amide bonds. The van der Waals surface area contributed by atoms with Crippen molar-refractivity contribution in [2.24, 2.45) is 7.05 Å². The molecule has 2 aromatic rings. The van der Waals surface area contributed by atoms with Crippen molar-refractivity contribution in [3.8, 4) is 0 Å². The van der Waals surface area contributed by atoms with Crippen molar-refractivity contribution >= 4 is 0 Å². The molecule has 0 spiro atoms. The Labute approximate surface area is 114 Å². The zero-order chi connectivity index (χ0) is 14.0. The molecule has 1 atom stereocenters. The highest BCUT2D eigenvalue weighted by molar-refractivity contribution is 5.30. The zero-order valence-electron chi connectivity index (χ0n) is 12.1. The second-order valence-electron chi connectivity index (χ2n) is 5.09. The van der Waals surface area contributed by atoms with Crippen LogP contribution in [-0.4, -0.2) is 14.9 Å². The first-order valence-electron chi connectivity index (χ1n) is 6.79. The first-order valence-corrected chi connectivity index (χ1v) is 6.79. The van der Waals surface area contributed by atoms with Crippen molar-refractivity contribution in [2.75, 3.05) is 0 Å². The van der Waals surface area contributed by atoms with E-state index in [1.807, 2.05) is 37.7 Å². The Kier molecular flexibility index (Phi) is 4.05. The number of aliphatic hydroxyl groups is 1. The molecule has 19 heavy (non-hydrogen) atoms. The third-order valence-corrected chi connectivity index (χ3v) is 3.80. The number of nitrogens with zero attached hydrogens (tertiary/aromatic N) is 2. The van der Waals surface area contributed by atoms with E-state index < -0.39 is 6.10 Å². The second-order valence-corrected chi connectivity index (χ2v) is 5.09. The van der Waals surface area contributed by atoms with Crippen molar-refractivity contribution in [1.29, 1.82) is 0 Å². The molecule has 0 radical (unpaired) electrons. The van der Waals surface area contributed by atoms with E-state index in [1.165, 1.54) is 5.56 Å². The normalized spacial score (nSPS) is 12.7. The Morgan fingerprint density at radius 3 is 2.63 bits per heavy atom. The maximum absolute atomic E-state index is 10.4. The quantitative estimate of drug-likeness (QED) is 0.915. The fraction of sp³-hybridized carbons (Fsp3) is 0.438. The number of aromatic nitrogens is 2. The molecule has 1 unspecified atom stereocenters. The summed E-state index contributed by atoms with van der Waals surface area (Å²) in [6.45, 7) is 6.17. The Hall–Kier alpha value is -1.61. The van der Waals surface area contributed by atoms with Crippen molar-refractivity contribution in [3.63, 3.8) is 0 Å². The molecule has 0 aliphatic carbocycles. The van der Waals surface area contributed by atoms with E-state index in [1.54, 1.807) is 0 Å². The van der Waals surface area contributed by atoms with E-state index >= 15 is 0 Å². The smallest absolute Gasteiger partial charge is 0.0831 e. The van der Waals surface area contributed by atoms with Crippen LogP contribution in [0.1, 0.15) is 41.1 Å². The summed E-state index contributed by atoms with van der Waals surface area (Å²) in [5, 5.41) is 14.8. The van der Waals surface area contributed by atoms with Gasteiger partial charge in [-0.05, 0) is 37.0 Å². The summed E-state index contributed by atoms with van der Waals surface area (Å²) < 4.78 is 1.87. The van der Waals surface area contributed by atoms with Crippen LogP contribution in [0.4, 0.5) is 0 Å². The van der Waals surface area contributed by atoms with Gasteiger partial charge in [0.25, 0.3) is 0 Å². The number of benzene rings is 1. The van der Waals surface area contributed by atoms with Crippen molar-refractivity contribution in [3.05, 3.63) is 52.3 Å². The summed E-state index contributed by atoms with van der Waals surface area (Å²) in [6, 6.07) is 8.19. The van der Waals surface area contributed by atoms with Gasteiger partial charge in [0.2, 0.25) is 0 Å². The molecule has 0 aliphatic rings. The summed E-state index contributed by atoms with van der Waals surface area (Å²) >= 11 is 0. The summed E-state index contributed by atoms with van der Waals surface area (Å²) in [5.41, 5.74) is 5.53. The average Bonchev–Trinajstić information content (AvgIpc) is 2.65. The molecule has 0 saturated heterocycles. The Bertz CT molecular complexity index is 572. The van der Waals surface area contributed by atoms with Crippen LogP contribution in [-0.2, 0) is 19.9 Å². The minimum Gasteiger partial charge on any atom is -0.388 e. The van der Waals surface area contributed by atoms with E-state index in [0.29, 0.717) is 6.42 Å². The van der Waals surface area contributed by atoms with Crippen LogP contribution >= 0.6 is 0 Å². The molecular formula is C16H22N2O. The summed E-state index contributed by atoms with van der Waals surface area (Å²) in [4.78, 5) is 0. The van der Waals surface area contributed by atoms with Gasteiger partial charge in [0.15, 0.2) is 0 Å².